The van der Waals surface area contributed by atoms with Crippen LogP contribution in [-0.4, -0.2) is 6.61 Å². The van der Waals surface area contributed by atoms with Crippen molar-refractivity contribution in [3.8, 4) is 5.75 Å². The van der Waals surface area contributed by atoms with Crippen molar-refractivity contribution in [2.45, 2.75) is 11.8 Å². The minimum absolute atomic E-state index is 0.144. The summed E-state index contributed by atoms with van der Waals surface area (Å²) in [7, 11) is 0. The van der Waals surface area contributed by atoms with Gasteiger partial charge in [-0.2, -0.15) is 0 Å². The highest BCUT2D eigenvalue weighted by molar-refractivity contribution is 14.1. The molecule has 0 N–H and O–H groups in total. The summed E-state index contributed by atoms with van der Waals surface area (Å²) in [5, 5.41) is 1.97. The molecule has 3 rings (SSSR count). The molecule has 0 aliphatic carbocycles. The van der Waals surface area contributed by atoms with Crippen LogP contribution in [0.25, 0.3) is 0 Å². The first-order valence-corrected chi connectivity index (χ1v) is 8.67. The van der Waals surface area contributed by atoms with E-state index >= 15 is 0 Å². The van der Waals surface area contributed by atoms with Crippen LogP contribution < -0.4 is 4.74 Å². The number of hydrogen-bond acceptors (Lipinski definition) is 2. The molecule has 0 amide bonds. The van der Waals surface area contributed by atoms with Crippen LogP contribution in [0.4, 0.5) is 0 Å². The van der Waals surface area contributed by atoms with Gasteiger partial charge in [0.15, 0.2) is 0 Å². The topological polar surface area (TPSA) is 9.23 Å². The number of hydrogen-bond donors (Lipinski definition) is 0. The number of benzene rings is 1. The van der Waals surface area contributed by atoms with Crippen LogP contribution in [0.5, 0.6) is 5.75 Å². The van der Waals surface area contributed by atoms with Gasteiger partial charge in [-0.25, -0.2) is 0 Å². The van der Waals surface area contributed by atoms with Crippen molar-refractivity contribution in [1.29, 1.82) is 0 Å². The van der Waals surface area contributed by atoms with Crippen molar-refractivity contribution >= 4 is 61.5 Å². The molecule has 2 heterocycles. The van der Waals surface area contributed by atoms with E-state index in [-0.39, 0.29) is 5.38 Å². The van der Waals surface area contributed by atoms with Gasteiger partial charge in [-0.05, 0) is 57.3 Å². The molecule has 0 saturated heterocycles. The standard InChI is InChI=1S/C13H9BrClIOS/c14-9-3-7-1-2-17-13(7)10(5-9)12(15)8-4-11(16)18-6-8/h3-6,12H,1-2H2. The average molecular weight is 456 g/mol. The second-order valence-corrected chi connectivity index (χ2v) is 8.29. The van der Waals surface area contributed by atoms with E-state index in [0.29, 0.717) is 0 Å². The molecule has 1 atom stereocenters. The first kappa shape index (κ1) is 13.2. The van der Waals surface area contributed by atoms with E-state index in [1.165, 1.54) is 8.45 Å². The Hall–Kier alpha value is 0.220. The molecule has 1 aliphatic rings. The van der Waals surface area contributed by atoms with Gasteiger partial charge < -0.3 is 4.74 Å². The molecule has 1 aliphatic heterocycles. The first-order chi connectivity index (χ1) is 8.65. The van der Waals surface area contributed by atoms with E-state index in [2.05, 4.69) is 62.1 Å². The minimum Gasteiger partial charge on any atom is -0.493 e. The van der Waals surface area contributed by atoms with Crippen molar-refractivity contribution in [3.05, 3.63) is 47.6 Å². The number of ether oxygens (including phenoxy) is 1. The summed E-state index contributed by atoms with van der Waals surface area (Å²) in [6.45, 7) is 0.754. The quantitative estimate of drug-likeness (QED) is 0.437. The van der Waals surface area contributed by atoms with Gasteiger partial charge in [0.2, 0.25) is 0 Å². The SMILES string of the molecule is ClC(c1csc(I)c1)c1cc(Br)cc2c1OCC2. The van der Waals surface area contributed by atoms with Gasteiger partial charge in [0.05, 0.1) is 14.9 Å². The van der Waals surface area contributed by atoms with E-state index in [4.69, 9.17) is 16.3 Å². The van der Waals surface area contributed by atoms with Gasteiger partial charge in [-0.3, -0.25) is 0 Å². The number of fused-ring (bicyclic) bond motifs is 1. The fraction of sp³-hybridized carbons (Fsp3) is 0.231. The number of rotatable bonds is 2. The van der Waals surface area contributed by atoms with E-state index in [0.717, 1.165) is 34.4 Å². The second kappa shape index (κ2) is 5.31. The molecule has 0 radical (unpaired) electrons. The van der Waals surface area contributed by atoms with Crippen LogP contribution in [0.2, 0.25) is 0 Å². The lowest BCUT2D eigenvalue weighted by Gasteiger charge is -2.13. The molecular formula is C13H9BrClIOS. The van der Waals surface area contributed by atoms with Crippen LogP contribution >= 0.6 is 61.5 Å². The van der Waals surface area contributed by atoms with Gasteiger partial charge in [0.25, 0.3) is 0 Å². The summed E-state index contributed by atoms with van der Waals surface area (Å²) in [6.07, 6.45) is 0.965. The predicted molar refractivity (Wildman–Crippen MR) is 88.1 cm³/mol. The molecule has 2 aromatic rings. The zero-order valence-corrected chi connectivity index (χ0v) is 14.6. The molecule has 0 fully saturated rings. The molecule has 0 bridgehead atoms. The summed E-state index contributed by atoms with van der Waals surface area (Å²) in [5.74, 6) is 0.972. The summed E-state index contributed by atoms with van der Waals surface area (Å²) in [5.41, 5.74) is 3.45. The molecule has 5 heteroatoms. The van der Waals surface area contributed by atoms with E-state index in [1.807, 2.05) is 0 Å². The Balaban J connectivity index is 2.06. The molecule has 0 spiro atoms. The largest absolute Gasteiger partial charge is 0.493 e. The molecular weight excluding hydrogens is 446 g/mol. The Morgan fingerprint density at radius 3 is 2.94 bits per heavy atom. The van der Waals surface area contributed by atoms with Gasteiger partial charge in [0.1, 0.15) is 5.75 Å². The lowest BCUT2D eigenvalue weighted by Crippen LogP contribution is -1.96. The van der Waals surface area contributed by atoms with Crippen molar-refractivity contribution < 1.29 is 4.74 Å². The smallest absolute Gasteiger partial charge is 0.127 e. The van der Waals surface area contributed by atoms with Gasteiger partial charge >= 0.3 is 0 Å². The lowest BCUT2D eigenvalue weighted by molar-refractivity contribution is 0.353. The second-order valence-electron chi connectivity index (χ2n) is 4.13. The highest BCUT2D eigenvalue weighted by atomic mass is 127. The molecule has 1 aromatic heterocycles. The fourth-order valence-corrected chi connectivity index (χ4v) is 4.41. The molecule has 94 valence electrons. The highest BCUT2D eigenvalue weighted by Gasteiger charge is 2.23. The van der Waals surface area contributed by atoms with Gasteiger partial charge in [-0.1, -0.05) is 15.9 Å². The monoisotopic (exact) mass is 454 g/mol. The van der Waals surface area contributed by atoms with Crippen molar-refractivity contribution in [2.75, 3.05) is 6.61 Å². The fourth-order valence-electron chi connectivity index (χ4n) is 2.12. The Morgan fingerprint density at radius 2 is 2.22 bits per heavy atom. The molecule has 1 aromatic carbocycles. The van der Waals surface area contributed by atoms with Crippen molar-refractivity contribution in [3.63, 3.8) is 0 Å². The summed E-state index contributed by atoms with van der Waals surface area (Å²) in [6, 6.07) is 6.31. The lowest BCUT2D eigenvalue weighted by atomic mass is 10.0. The molecule has 1 nitrogen and oxygen atoms in total. The zero-order valence-electron chi connectivity index (χ0n) is 9.25. The van der Waals surface area contributed by atoms with Crippen LogP contribution in [0.1, 0.15) is 22.1 Å². The molecule has 1 unspecified atom stereocenters. The van der Waals surface area contributed by atoms with Gasteiger partial charge in [0, 0.05) is 16.5 Å². The van der Waals surface area contributed by atoms with E-state index in [9.17, 15) is 0 Å². The number of thiophene rings is 1. The third kappa shape index (κ3) is 2.44. The minimum atomic E-state index is -0.144. The maximum absolute atomic E-state index is 6.60. The average Bonchev–Trinajstić information content (AvgIpc) is 2.95. The Labute approximate surface area is 137 Å². The third-order valence-electron chi connectivity index (χ3n) is 2.93. The van der Waals surface area contributed by atoms with Crippen molar-refractivity contribution in [1.82, 2.24) is 0 Å². The van der Waals surface area contributed by atoms with Crippen LogP contribution in [-0.2, 0) is 6.42 Å². The third-order valence-corrected chi connectivity index (χ3v) is 5.68. The number of halogens is 3. The zero-order chi connectivity index (χ0) is 12.7. The van der Waals surface area contributed by atoms with Crippen LogP contribution in [0, 0.1) is 2.88 Å². The van der Waals surface area contributed by atoms with Crippen molar-refractivity contribution in [2.24, 2.45) is 0 Å². The Kier molecular flexibility index (Phi) is 3.90. The maximum atomic E-state index is 6.60. The van der Waals surface area contributed by atoms with E-state index < -0.39 is 0 Å². The highest BCUT2D eigenvalue weighted by Crippen LogP contribution is 2.42. The predicted octanol–water partition coefficient (Wildman–Crippen LogP) is 5.38. The van der Waals surface area contributed by atoms with Gasteiger partial charge in [-0.15, -0.1) is 22.9 Å². The molecule has 0 saturated carbocycles. The van der Waals surface area contributed by atoms with Crippen LogP contribution in [0.3, 0.4) is 0 Å². The van der Waals surface area contributed by atoms with Crippen LogP contribution in [0.15, 0.2) is 28.1 Å². The molecule has 18 heavy (non-hydrogen) atoms. The Bertz CT molecular complexity index is 599. The van der Waals surface area contributed by atoms with E-state index in [1.54, 1.807) is 11.3 Å². The first-order valence-electron chi connectivity index (χ1n) is 5.48. The summed E-state index contributed by atoms with van der Waals surface area (Å²) in [4.78, 5) is 0. The maximum Gasteiger partial charge on any atom is 0.127 e. The summed E-state index contributed by atoms with van der Waals surface area (Å²) >= 11 is 14.2. The normalized spacial score (nSPS) is 15.3. The number of alkyl halides is 1. The Morgan fingerprint density at radius 1 is 1.39 bits per heavy atom. The summed E-state index contributed by atoms with van der Waals surface area (Å²) < 4.78 is 8.05.